The first kappa shape index (κ1) is 24.9. The smallest absolute Gasteiger partial charge is 0.293 e. The summed E-state index contributed by atoms with van der Waals surface area (Å²) >= 11 is 0. The van der Waals surface area contributed by atoms with Crippen LogP contribution in [0.4, 0.5) is 0 Å². The molecule has 0 radical (unpaired) electrons. The van der Waals surface area contributed by atoms with Crippen molar-refractivity contribution < 1.29 is 14.6 Å². The molecule has 1 unspecified atom stereocenters. The second-order valence-corrected chi connectivity index (χ2v) is 9.01. The molecule has 3 nitrogen and oxygen atoms in total. The van der Waals surface area contributed by atoms with Crippen molar-refractivity contribution in [3.8, 4) is 11.1 Å². The van der Waals surface area contributed by atoms with Gasteiger partial charge in [0, 0.05) is 13.0 Å². The summed E-state index contributed by atoms with van der Waals surface area (Å²) in [5.41, 5.74) is 8.48. The Hall–Kier alpha value is -2.39. The van der Waals surface area contributed by atoms with Gasteiger partial charge in [-0.25, -0.2) is 0 Å². The summed E-state index contributed by atoms with van der Waals surface area (Å²) in [7, 11) is 0. The Morgan fingerprint density at radius 3 is 2.48 bits per heavy atom. The molecule has 0 spiro atoms. The lowest BCUT2D eigenvalue weighted by atomic mass is 9.90. The van der Waals surface area contributed by atoms with Gasteiger partial charge < -0.3 is 9.84 Å². The molecule has 2 aromatic carbocycles. The molecule has 0 amide bonds. The number of ether oxygens (including phenoxy) is 1. The molecule has 0 heterocycles. The van der Waals surface area contributed by atoms with Crippen LogP contribution in [0, 0.1) is 18.8 Å². The van der Waals surface area contributed by atoms with E-state index in [9.17, 15) is 9.90 Å². The second-order valence-electron chi connectivity index (χ2n) is 9.01. The summed E-state index contributed by atoms with van der Waals surface area (Å²) in [5.74, 6) is 1.33. The van der Waals surface area contributed by atoms with Crippen molar-refractivity contribution in [1.29, 1.82) is 0 Å². The van der Waals surface area contributed by atoms with E-state index < -0.39 is 0 Å². The molecule has 1 N–H and O–H groups in total. The minimum absolute atomic E-state index is 0.124. The van der Waals surface area contributed by atoms with Crippen LogP contribution >= 0.6 is 0 Å². The van der Waals surface area contributed by atoms with Crippen molar-refractivity contribution in [2.75, 3.05) is 13.2 Å². The van der Waals surface area contributed by atoms with Gasteiger partial charge in [0.1, 0.15) is 0 Å². The van der Waals surface area contributed by atoms with Gasteiger partial charge in [-0.1, -0.05) is 75.2 Å². The molecule has 0 fully saturated rings. The highest BCUT2D eigenvalue weighted by atomic mass is 16.5. The number of aliphatic hydroxyl groups is 1. The number of aryl methyl sites for hydroxylation is 1. The van der Waals surface area contributed by atoms with Crippen LogP contribution < -0.4 is 0 Å². The first-order valence-corrected chi connectivity index (χ1v) is 11.4. The monoisotopic (exact) mass is 422 g/mol. The first-order valence-electron chi connectivity index (χ1n) is 11.4. The van der Waals surface area contributed by atoms with Crippen LogP contribution in [0.3, 0.4) is 0 Å². The fourth-order valence-electron chi connectivity index (χ4n) is 3.84. The van der Waals surface area contributed by atoms with E-state index in [0.717, 1.165) is 28.2 Å². The van der Waals surface area contributed by atoms with Crippen LogP contribution in [0.1, 0.15) is 62.8 Å². The fraction of sp³-hybridized carbons (Fsp3) is 0.464. The molecule has 0 saturated heterocycles. The molecule has 0 aromatic heterocycles. The molecule has 31 heavy (non-hydrogen) atoms. The number of benzene rings is 2. The Labute approximate surface area is 188 Å². The van der Waals surface area contributed by atoms with Gasteiger partial charge in [0.25, 0.3) is 6.47 Å². The SMILES string of the molecule is C/C(=C\c1ccc(-c2ccc(CCO)cc2CCOC=O)cc1C)C(C)CCC(C)C. The van der Waals surface area contributed by atoms with Crippen LogP contribution in [0.25, 0.3) is 17.2 Å². The average molecular weight is 423 g/mol. The molecule has 2 rings (SSSR count). The van der Waals surface area contributed by atoms with Crippen molar-refractivity contribution >= 4 is 12.5 Å². The number of hydrogen-bond donors (Lipinski definition) is 1. The first-order chi connectivity index (χ1) is 14.8. The zero-order chi connectivity index (χ0) is 22.8. The molecule has 168 valence electrons. The molecule has 2 aromatic rings. The van der Waals surface area contributed by atoms with E-state index in [1.807, 2.05) is 0 Å². The van der Waals surface area contributed by atoms with Gasteiger partial charge in [0.05, 0.1) is 6.61 Å². The second kappa shape index (κ2) is 12.5. The molecule has 0 bridgehead atoms. The Bertz CT molecular complexity index is 880. The number of hydrogen-bond acceptors (Lipinski definition) is 3. The van der Waals surface area contributed by atoms with Gasteiger partial charge in [-0.15, -0.1) is 0 Å². The van der Waals surface area contributed by atoms with Crippen molar-refractivity contribution in [2.24, 2.45) is 11.8 Å². The van der Waals surface area contributed by atoms with E-state index in [1.165, 1.54) is 29.5 Å². The maximum Gasteiger partial charge on any atom is 0.293 e. The normalized spacial score (nSPS) is 12.8. The Balaban J connectivity index is 2.29. The van der Waals surface area contributed by atoms with Gasteiger partial charge in [-0.05, 0) is 71.9 Å². The van der Waals surface area contributed by atoms with Gasteiger partial charge in [0.15, 0.2) is 0 Å². The predicted molar refractivity (Wildman–Crippen MR) is 130 cm³/mol. The van der Waals surface area contributed by atoms with E-state index in [0.29, 0.717) is 31.8 Å². The lowest BCUT2D eigenvalue weighted by Gasteiger charge is -2.16. The van der Waals surface area contributed by atoms with Crippen molar-refractivity contribution in [3.05, 3.63) is 64.2 Å². The Kier molecular flexibility index (Phi) is 10.00. The zero-order valence-corrected chi connectivity index (χ0v) is 19.8. The van der Waals surface area contributed by atoms with Crippen LogP contribution in [-0.2, 0) is 22.4 Å². The van der Waals surface area contributed by atoms with Gasteiger partial charge in [0.2, 0.25) is 0 Å². The quantitative estimate of drug-likeness (QED) is 0.318. The molecular formula is C28H38O3. The number of rotatable bonds is 12. The van der Waals surface area contributed by atoms with E-state index >= 15 is 0 Å². The highest BCUT2D eigenvalue weighted by Gasteiger charge is 2.10. The maximum absolute atomic E-state index is 10.6. The molecule has 0 aliphatic rings. The van der Waals surface area contributed by atoms with Crippen LogP contribution in [0.15, 0.2) is 42.0 Å². The lowest BCUT2D eigenvalue weighted by molar-refractivity contribution is -0.128. The molecular weight excluding hydrogens is 384 g/mol. The van der Waals surface area contributed by atoms with Crippen molar-refractivity contribution in [2.45, 2.75) is 60.3 Å². The van der Waals surface area contributed by atoms with E-state index in [2.05, 4.69) is 77.1 Å². The largest absolute Gasteiger partial charge is 0.468 e. The average Bonchev–Trinajstić information content (AvgIpc) is 2.74. The summed E-state index contributed by atoms with van der Waals surface area (Å²) in [6.07, 6.45) is 6.09. The third-order valence-electron chi connectivity index (χ3n) is 6.05. The van der Waals surface area contributed by atoms with Gasteiger partial charge in [-0.3, -0.25) is 4.79 Å². The predicted octanol–water partition coefficient (Wildman–Crippen LogP) is 6.39. The minimum Gasteiger partial charge on any atom is -0.468 e. The number of aliphatic hydroxyl groups excluding tert-OH is 1. The summed E-state index contributed by atoms with van der Waals surface area (Å²) < 4.78 is 4.93. The third kappa shape index (κ3) is 7.66. The molecule has 3 heteroatoms. The summed E-state index contributed by atoms with van der Waals surface area (Å²) in [6.45, 7) is 12.3. The van der Waals surface area contributed by atoms with Crippen LogP contribution in [0.2, 0.25) is 0 Å². The van der Waals surface area contributed by atoms with Crippen molar-refractivity contribution in [1.82, 2.24) is 0 Å². The topological polar surface area (TPSA) is 46.5 Å². The standard InChI is InChI=1S/C28H38O3/c1-20(2)6-7-21(3)22(4)16-25-9-10-26(17-23(25)5)28-11-8-24(12-14-29)18-27(28)13-15-31-19-30/h8-11,16-21,29H,6-7,12-15H2,1-5H3/b22-16+. The summed E-state index contributed by atoms with van der Waals surface area (Å²) in [6, 6.07) is 12.9. The molecule has 0 aliphatic heterocycles. The third-order valence-corrected chi connectivity index (χ3v) is 6.05. The van der Waals surface area contributed by atoms with Gasteiger partial charge in [-0.2, -0.15) is 0 Å². The number of allylic oxidation sites excluding steroid dienone is 1. The minimum atomic E-state index is 0.124. The molecule has 0 saturated carbocycles. The zero-order valence-electron chi connectivity index (χ0n) is 19.8. The lowest BCUT2D eigenvalue weighted by Crippen LogP contribution is -2.01. The van der Waals surface area contributed by atoms with Gasteiger partial charge >= 0.3 is 0 Å². The highest BCUT2D eigenvalue weighted by Crippen LogP contribution is 2.29. The summed E-state index contributed by atoms with van der Waals surface area (Å²) in [4.78, 5) is 10.6. The Morgan fingerprint density at radius 1 is 1.06 bits per heavy atom. The summed E-state index contributed by atoms with van der Waals surface area (Å²) in [5, 5.41) is 9.27. The van der Waals surface area contributed by atoms with E-state index in [4.69, 9.17) is 4.74 Å². The maximum atomic E-state index is 10.6. The molecule has 0 aliphatic carbocycles. The molecule has 1 atom stereocenters. The fourth-order valence-corrected chi connectivity index (χ4v) is 3.84. The van der Waals surface area contributed by atoms with Crippen LogP contribution in [-0.4, -0.2) is 24.8 Å². The van der Waals surface area contributed by atoms with Crippen molar-refractivity contribution in [3.63, 3.8) is 0 Å². The van der Waals surface area contributed by atoms with E-state index in [-0.39, 0.29) is 6.61 Å². The Morgan fingerprint density at radius 2 is 1.84 bits per heavy atom. The number of carbonyl (C=O) groups is 1. The van der Waals surface area contributed by atoms with E-state index in [1.54, 1.807) is 0 Å². The highest BCUT2D eigenvalue weighted by molar-refractivity contribution is 5.71. The van der Waals surface area contributed by atoms with Crippen LogP contribution in [0.5, 0.6) is 0 Å². The number of carbonyl (C=O) groups excluding carboxylic acids is 1.